The van der Waals surface area contributed by atoms with Gasteiger partial charge in [0.1, 0.15) is 16.6 Å². The summed E-state index contributed by atoms with van der Waals surface area (Å²) in [6, 6.07) is 13.0. The highest BCUT2D eigenvalue weighted by Crippen LogP contribution is 2.20. The van der Waals surface area contributed by atoms with Crippen molar-refractivity contribution in [2.75, 3.05) is 0 Å². The summed E-state index contributed by atoms with van der Waals surface area (Å²) in [7, 11) is 0. The van der Waals surface area contributed by atoms with E-state index in [0.29, 0.717) is 22.4 Å². The lowest BCUT2D eigenvalue weighted by Gasteiger charge is -2.04. The van der Waals surface area contributed by atoms with E-state index in [2.05, 4.69) is 10.1 Å². The minimum Gasteiger partial charge on any atom is -0.454 e. The molecule has 3 aromatic heterocycles. The second kappa shape index (κ2) is 5.54. The van der Waals surface area contributed by atoms with E-state index in [1.165, 1.54) is 0 Å². The molecular weight excluding hydrogens is 302 g/mol. The fourth-order valence-electron chi connectivity index (χ4n) is 2.39. The minimum absolute atomic E-state index is 0. The van der Waals surface area contributed by atoms with Crippen molar-refractivity contribution in [1.29, 1.82) is 0 Å². The van der Waals surface area contributed by atoms with Crippen molar-refractivity contribution in [2.24, 2.45) is 5.16 Å². The molecule has 110 valence electrons. The van der Waals surface area contributed by atoms with Gasteiger partial charge in [0, 0.05) is 23.8 Å². The number of hydrogen-bond donors (Lipinski definition) is 1. The second-order valence-corrected chi connectivity index (χ2v) is 4.70. The maximum atomic E-state index is 9.20. The van der Waals surface area contributed by atoms with Crippen molar-refractivity contribution < 1.29 is 9.62 Å². The number of halogens is 1. The SMILES string of the molecule is Cl.ON=c1cc(-c2cn3cccc3cn2)oc2ccccc12. The molecule has 1 aromatic carbocycles. The Bertz CT molecular complexity index is 1020. The highest BCUT2D eigenvalue weighted by molar-refractivity contribution is 5.85. The first-order valence-corrected chi connectivity index (χ1v) is 6.49. The fourth-order valence-corrected chi connectivity index (χ4v) is 2.39. The molecule has 3 heterocycles. The van der Waals surface area contributed by atoms with Crippen LogP contribution in [-0.2, 0) is 0 Å². The normalized spacial score (nSPS) is 11.7. The summed E-state index contributed by atoms with van der Waals surface area (Å²) in [5.74, 6) is 0.553. The van der Waals surface area contributed by atoms with Crippen LogP contribution in [0.3, 0.4) is 0 Å². The molecule has 4 rings (SSSR count). The van der Waals surface area contributed by atoms with Crippen LogP contribution in [0.1, 0.15) is 0 Å². The lowest BCUT2D eigenvalue weighted by Crippen LogP contribution is -2.03. The molecule has 1 N–H and O–H groups in total. The van der Waals surface area contributed by atoms with E-state index in [0.717, 1.165) is 10.9 Å². The van der Waals surface area contributed by atoms with E-state index >= 15 is 0 Å². The van der Waals surface area contributed by atoms with Gasteiger partial charge < -0.3 is 14.0 Å². The molecule has 0 saturated heterocycles. The Morgan fingerprint density at radius 2 is 2.00 bits per heavy atom. The number of nitrogens with zero attached hydrogens (tertiary/aromatic N) is 3. The van der Waals surface area contributed by atoms with Crippen LogP contribution in [0.2, 0.25) is 0 Å². The molecule has 0 aliphatic carbocycles. The van der Waals surface area contributed by atoms with Crippen LogP contribution in [0.15, 0.2) is 70.6 Å². The molecule has 0 amide bonds. The molecule has 0 spiro atoms. The molecule has 22 heavy (non-hydrogen) atoms. The molecule has 0 bridgehead atoms. The van der Waals surface area contributed by atoms with Crippen LogP contribution in [0.4, 0.5) is 0 Å². The Balaban J connectivity index is 0.00000144. The number of aromatic nitrogens is 2. The van der Waals surface area contributed by atoms with Crippen molar-refractivity contribution in [3.8, 4) is 11.5 Å². The first-order valence-electron chi connectivity index (χ1n) is 6.49. The summed E-state index contributed by atoms with van der Waals surface area (Å²) < 4.78 is 7.83. The molecule has 0 aliphatic heterocycles. The molecule has 5 nitrogen and oxygen atoms in total. The zero-order chi connectivity index (χ0) is 14.2. The fraction of sp³-hybridized carbons (Fsp3) is 0. The van der Waals surface area contributed by atoms with Gasteiger partial charge in [-0.3, -0.25) is 0 Å². The first kappa shape index (κ1) is 14.2. The third kappa shape index (κ3) is 2.21. The molecule has 0 aliphatic rings. The molecule has 0 radical (unpaired) electrons. The molecule has 0 fully saturated rings. The van der Waals surface area contributed by atoms with Crippen molar-refractivity contribution >= 4 is 28.9 Å². The van der Waals surface area contributed by atoms with Gasteiger partial charge in [0.15, 0.2) is 5.76 Å². The van der Waals surface area contributed by atoms with Gasteiger partial charge in [0.2, 0.25) is 0 Å². The van der Waals surface area contributed by atoms with E-state index in [1.807, 2.05) is 53.2 Å². The minimum atomic E-state index is 0. The number of benzene rings is 1. The standard InChI is InChI=1S/C16H11N3O2.ClH/c20-18-13-8-16(21-15-6-2-1-5-12(13)15)14-10-19-7-3-4-11(19)9-17-14;/h1-10,20H;1H. The third-order valence-electron chi connectivity index (χ3n) is 3.42. The average Bonchev–Trinajstić information content (AvgIpc) is 3.01. The summed E-state index contributed by atoms with van der Waals surface area (Å²) in [5, 5.41) is 13.8. The lowest BCUT2D eigenvalue weighted by molar-refractivity contribution is 0.302. The molecule has 6 heteroatoms. The van der Waals surface area contributed by atoms with Crippen molar-refractivity contribution in [3.05, 3.63) is 66.4 Å². The number of fused-ring (bicyclic) bond motifs is 2. The van der Waals surface area contributed by atoms with E-state index in [-0.39, 0.29) is 12.4 Å². The second-order valence-electron chi connectivity index (χ2n) is 4.70. The van der Waals surface area contributed by atoms with Gasteiger partial charge in [-0.2, -0.15) is 0 Å². The van der Waals surface area contributed by atoms with Crippen LogP contribution < -0.4 is 5.36 Å². The van der Waals surface area contributed by atoms with E-state index in [1.54, 1.807) is 12.3 Å². The van der Waals surface area contributed by atoms with Crippen LogP contribution in [0.5, 0.6) is 0 Å². The Morgan fingerprint density at radius 1 is 1.14 bits per heavy atom. The predicted molar refractivity (Wildman–Crippen MR) is 85.0 cm³/mol. The molecule has 0 unspecified atom stereocenters. The maximum Gasteiger partial charge on any atom is 0.156 e. The highest BCUT2D eigenvalue weighted by atomic mass is 35.5. The van der Waals surface area contributed by atoms with Crippen LogP contribution in [0, 0.1) is 0 Å². The molecule has 0 saturated carbocycles. The van der Waals surface area contributed by atoms with Gasteiger partial charge in [-0.15, -0.1) is 12.4 Å². The molecular formula is C16H12ClN3O2. The Labute approximate surface area is 131 Å². The van der Waals surface area contributed by atoms with Crippen molar-refractivity contribution in [2.45, 2.75) is 0 Å². The van der Waals surface area contributed by atoms with E-state index < -0.39 is 0 Å². The zero-order valence-electron chi connectivity index (χ0n) is 11.4. The predicted octanol–water partition coefficient (Wildman–Crippen LogP) is 3.46. The Kier molecular flexibility index (Phi) is 3.56. The van der Waals surface area contributed by atoms with Gasteiger partial charge >= 0.3 is 0 Å². The highest BCUT2D eigenvalue weighted by Gasteiger charge is 2.07. The summed E-state index contributed by atoms with van der Waals surface area (Å²) in [5.41, 5.74) is 2.33. The Hall–Kier alpha value is -2.79. The van der Waals surface area contributed by atoms with E-state index in [9.17, 15) is 5.21 Å². The quantitative estimate of drug-likeness (QED) is 0.432. The van der Waals surface area contributed by atoms with Gasteiger partial charge in [-0.1, -0.05) is 17.3 Å². The van der Waals surface area contributed by atoms with Crippen LogP contribution in [0.25, 0.3) is 27.9 Å². The third-order valence-corrected chi connectivity index (χ3v) is 3.42. The smallest absolute Gasteiger partial charge is 0.156 e. The summed E-state index contributed by atoms with van der Waals surface area (Å²) in [6.45, 7) is 0. The monoisotopic (exact) mass is 313 g/mol. The van der Waals surface area contributed by atoms with Gasteiger partial charge in [-0.25, -0.2) is 4.98 Å². The summed E-state index contributed by atoms with van der Waals surface area (Å²) in [6.07, 6.45) is 5.60. The van der Waals surface area contributed by atoms with Gasteiger partial charge in [0.25, 0.3) is 0 Å². The summed E-state index contributed by atoms with van der Waals surface area (Å²) >= 11 is 0. The number of para-hydroxylation sites is 1. The topological polar surface area (TPSA) is 63.0 Å². The van der Waals surface area contributed by atoms with Gasteiger partial charge in [0.05, 0.1) is 11.7 Å². The van der Waals surface area contributed by atoms with Crippen LogP contribution in [-0.4, -0.2) is 14.6 Å². The largest absolute Gasteiger partial charge is 0.454 e. The average molecular weight is 314 g/mol. The molecule has 4 aromatic rings. The number of hydrogen-bond acceptors (Lipinski definition) is 4. The summed E-state index contributed by atoms with van der Waals surface area (Å²) in [4.78, 5) is 4.39. The maximum absolute atomic E-state index is 9.20. The van der Waals surface area contributed by atoms with Crippen LogP contribution >= 0.6 is 12.4 Å². The van der Waals surface area contributed by atoms with Crippen molar-refractivity contribution in [1.82, 2.24) is 9.38 Å². The van der Waals surface area contributed by atoms with Gasteiger partial charge in [-0.05, 0) is 24.3 Å². The molecule has 0 atom stereocenters. The number of rotatable bonds is 1. The van der Waals surface area contributed by atoms with E-state index in [4.69, 9.17) is 4.42 Å². The zero-order valence-corrected chi connectivity index (χ0v) is 12.2. The van der Waals surface area contributed by atoms with Crippen molar-refractivity contribution in [3.63, 3.8) is 0 Å². The first-order chi connectivity index (χ1) is 10.3. The Morgan fingerprint density at radius 3 is 2.86 bits per heavy atom. The lowest BCUT2D eigenvalue weighted by atomic mass is 10.2.